The second-order valence-corrected chi connectivity index (χ2v) is 3.54. The molecular weight excluding hydrogens is 231 g/mol. The summed E-state index contributed by atoms with van der Waals surface area (Å²) in [6.07, 6.45) is -3.63. The summed E-state index contributed by atoms with van der Waals surface area (Å²) in [5.74, 6) is 0.430. The highest BCUT2D eigenvalue weighted by Crippen LogP contribution is 2.25. The van der Waals surface area contributed by atoms with Gasteiger partial charge in [-0.1, -0.05) is 12.1 Å². The van der Waals surface area contributed by atoms with E-state index in [1.807, 2.05) is 6.07 Å². The molecule has 0 saturated carbocycles. The summed E-state index contributed by atoms with van der Waals surface area (Å²) in [6.45, 7) is -0.377. The van der Waals surface area contributed by atoms with Crippen molar-refractivity contribution in [2.45, 2.75) is 12.6 Å². The minimum absolute atomic E-state index is 0.377. The smallest absolute Gasteiger partial charge is 0.392 e. The summed E-state index contributed by atoms with van der Waals surface area (Å²) in [6, 6.07) is 8.73. The van der Waals surface area contributed by atoms with E-state index in [1.165, 1.54) is 6.20 Å². The fraction of sp³-hybridized carbons (Fsp3) is 0.250. The zero-order valence-corrected chi connectivity index (χ0v) is 8.87. The number of halogens is 3. The quantitative estimate of drug-likeness (QED) is 0.819. The van der Waals surface area contributed by atoms with Crippen LogP contribution in [0.25, 0.3) is 10.9 Å². The first-order chi connectivity index (χ1) is 8.06. The van der Waals surface area contributed by atoms with Crippen LogP contribution in [0.4, 0.5) is 13.2 Å². The van der Waals surface area contributed by atoms with Crippen LogP contribution >= 0.6 is 0 Å². The summed E-state index contributed by atoms with van der Waals surface area (Å²) in [5, 5.41) is 0.720. The molecule has 0 N–H and O–H groups in total. The highest BCUT2D eigenvalue weighted by molar-refractivity contribution is 5.84. The molecule has 0 atom stereocenters. The number of aromatic nitrogens is 1. The van der Waals surface area contributed by atoms with Crippen molar-refractivity contribution < 1.29 is 17.9 Å². The van der Waals surface area contributed by atoms with Gasteiger partial charge in [-0.2, -0.15) is 13.2 Å². The van der Waals surface area contributed by atoms with Gasteiger partial charge < -0.3 is 4.74 Å². The van der Waals surface area contributed by atoms with Crippen LogP contribution < -0.4 is 4.74 Å². The second kappa shape index (κ2) is 4.61. The Labute approximate surface area is 96.0 Å². The first kappa shape index (κ1) is 11.7. The van der Waals surface area contributed by atoms with Crippen LogP contribution in [0.3, 0.4) is 0 Å². The van der Waals surface area contributed by atoms with E-state index in [2.05, 4.69) is 4.98 Å². The zero-order chi connectivity index (χ0) is 12.3. The molecular formula is C12H10F3NO. The first-order valence-electron chi connectivity index (χ1n) is 5.09. The Morgan fingerprint density at radius 1 is 1.12 bits per heavy atom. The minimum atomic E-state index is -4.19. The van der Waals surface area contributed by atoms with Gasteiger partial charge in [0.05, 0.1) is 18.5 Å². The minimum Gasteiger partial charge on any atom is -0.492 e. The number of alkyl halides is 3. The van der Waals surface area contributed by atoms with Crippen LogP contribution in [0, 0.1) is 0 Å². The van der Waals surface area contributed by atoms with E-state index in [-0.39, 0.29) is 6.61 Å². The summed E-state index contributed by atoms with van der Waals surface area (Å²) in [5.41, 5.74) is 0.706. The van der Waals surface area contributed by atoms with Crippen LogP contribution in [0.2, 0.25) is 0 Å². The molecule has 0 aliphatic rings. The highest BCUT2D eigenvalue weighted by atomic mass is 19.4. The Kier molecular flexibility index (Phi) is 3.17. The van der Waals surface area contributed by atoms with Gasteiger partial charge in [0.1, 0.15) is 5.75 Å². The highest BCUT2D eigenvalue weighted by Gasteiger charge is 2.26. The lowest BCUT2D eigenvalue weighted by Gasteiger charge is -2.10. The number of ether oxygens (including phenoxy) is 1. The molecule has 2 rings (SSSR count). The molecule has 0 unspecified atom stereocenters. The predicted octanol–water partition coefficient (Wildman–Crippen LogP) is 3.57. The molecule has 17 heavy (non-hydrogen) atoms. The van der Waals surface area contributed by atoms with Gasteiger partial charge in [-0.15, -0.1) is 0 Å². The third-order valence-corrected chi connectivity index (χ3v) is 2.25. The number of nitrogens with zero attached hydrogens (tertiary/aromatic N) is 1. The Balaban J connectivity index is 2.13. The maximum Gasteiger partial charge on any atom is 0.392 e. The normalized spacial score (nSPS) is 11.7. The van der Waals surface area contributed by atoms with E-state index in [1.54, 1.807) is 24.3 Å². The molecule has 0 saturated heterocycles. The van der Waals surface area contributed by atoms with Crippen LogP contribution in [0.1, 0.15) is 6.42 Å². The van der Waals surface area contributed by atoms with E-state index in [0.29, 0.717) is 11.3 Å². The van der Waals surface area contributed by atoms with E-state index in [0.717, 1.165) is 5.39 Å². The van der Waals surface area contributed by atoms with Gasteiger partial charge in [-0.3, -0.25) is 4.98 Å². The molecule has 1 aromatic heterocycles. The summed E-state index contributed by atoms with van der Waals surface area (Å²) >= 11 is 0. The summed E-state index contributed by atoms with van der Waals surface area (Å²) < 4.78 is 41.1. The molecule has 0 amide bonds. The lowest BCUT2D eigenvalue weighted by atomic mass is 10.2. The molecule has 5 heteroatoms. The van der Waals surface area contributed by atoms with Crippen molar-refractivity contribution in [2.24, 2.45) is 0 Å². The van der Waals surface area contributed by atoms with Crippen molar-refractivity contribution in [3.05, 3.63) is 36.5 Å². The average Bonchev–Trinajstić information content (AvgIpc) is 2.28. The molecule has 1 heterocycles. The van der Waals surface area contributed by atoms with Gasteiger partial charge >= 0.3 is 6.18 Å². The lowest BCUT2D eigenvalue weighted by molar-refractivity contribution is -0.139. The fourth-order valence-corrected chi connectivity index (χ4v) is 1.47. The second-order valence-electron chi connectivity index (χ2n) is 3.54. The van der Waals surface area contributed by atoms with Crippen molar-refractivity contribution in [2.75, 3.05) is 6.61 Å². The average molecular weight is 241 g/mol. The van der Waals surface area contributed by atoms with Crippen molar-refractivity contribution in [3.63, 3.8) is 0 Å². The Bertz CT molecular complexity index is 505. The lowest BCUT2D eigenvalue weighted by Crippen LogP contribution is -2.13. The largest absolute Gasteiger partial charge is 0.492 e. The Hall–Kier alpha value is -1.78. The standard InChI is InChI=1S/C12H10F3NO/c13-12(14,15)6-8-17-11-5-7-16-10-4-2-1-3-9(10)11/h1-5,7H,6,8H2. The van der Waals surface area contributed by atoms with E-state index >= 15 is 0 Å². The number of hydrogen-bond acceptors (Lipinski definition) is 2. The van der Waals surface area contributed by atoms with Gasteiger partial charge in [0.25, 0.3) is 0 Å². The van der Waals surface area contributed by atoms with E-state index < -0.39 is 12.6 Å². The van der Waals surface area contributed by atoms with Gasteiger partial charge in [0.2, 0.25) is 0 Å². The van der Waals surface area contributed by atoms with Crippen LogP contribution in [-0.2, 0) is 0 Å². The number of hydrogen-bond donors (Lipinski definition) is 0. The van der Waals surface area contributed by atoms with Crippen molar-refractivity contribution in [1.29, 1.82) is 0 Å². The van der Waals surface area contributed by atoms with Crippen molar-refractivity contribution >= 4 is 10.9 Å². The van der Waals surface area contributed by atoms with Gasteiger partial charge in [0.15, 0.2) is 0 Å². The number of pyridine rings is 1. The third-order valence-electron chi connectivity index (χ3n) is 2.25. The number of benzene rings is 1. The van der Waals surface area contributed by atoms with Gasteiger partial charge in [-0.25, -0.2) is 0 Å². The monoisotopic (exact) mass is 241 g/mol. The number of para-hydroxylation sites is 1. The number of fused-ring (bicyclic) bond motifs is 1. The van der Waals surface area contributed by atoms with E-state index in [9.17, 15) is 13.2 Å². The van der Waals surface area contributed by atoms with Crippen molar-refractivity contribution in [3.8, 4) is 5.75 Å². The van der Waals surface area contributed by atoms with Gasteiger partial charge in [0, 0.05) is 11.6 Å². The molecule has 0 bridgehead atoms. The van der Waals surface area contributed by atoms with E-state index in [4.69, 9.17) is 4.74 Å². The fourth-order valence-electron chi connectivity index (χ4n) is 1.47. The molecule has 0 aliphatic carbocycles. The molecule has 0 aliphatic heterocycles. The molecule has 0 radical (unpaired) electrons. The summed E-state index contributed by atoms with van der Waals surface area (Å²) in [7, 11) is 0. The molecule has 0 fully saturated rings. The van der Waals surface area contributed by atoms with Crippen LogP contribution in [0.15, 0.2) is 36.5 Å². The molecule has 0 spiro atoms. The summed E-state index contributed by atoms with van der Waals surface area (Å²) in [4.78, 5) is 4.10. The van der Waals surface area contributed by atoms with Gasteiger partial charge in [-0.05, 0) is 18.2 Å². The first-order valence-corrected chi connectivity index (χ1v) is 5.09. The maximum atomic E-state index is 12.0. The maximum absolute atomic E-state index is 12.0. The Morgan fingerprint density at radius 3 is 2.65 bits per heavy atom. The number of rotatable bonds is 3. The molecule has 90 valence electrons. The third kappa shape index (κ3) is 3.09. The molecule has 2 aromatic rings. The van der Waals surface area contributed by atoms with Crippen LogP contribution in [-0.4, -0.2) is 17.8 Å². The zero-order valence-electron chi connectivity index (χ0n) is 8.87. The Morgan fingerprint density at radius 2 is 1.88 bits per heavy atom. The van der Waals surface area contributed by atoms with Crippen molar-refractivity contribution in [1.82, 2.24) is 4.98 Å². The predicted molar refractivity (Wildman–Crippen MR) is 57.9 cm³/mol. The SMILES string of the molecule is FC(F)(F)CCOc1ccnc2ccccc12. The molecule has 1 aromatic carbocycles. The molecule has 2 nitrogen and oxygen atoms in total. The topological polar surface area (TPSA) is 22.1 Å². The van der Waals surface area contributed by atoms with Crippen LogP contribution in [0.5, 0.6) is 5.75 Å².